The van der Waals surface area contributed by atoms with Crippen molar-refractivity contribution in [1.82, 2.24) is 9.55 Å². The first kappa shape index (κ1) is 15.0. The number of alkyl halides is 3. The molecule has 3 aromatic rings. The molecule has 3 nitrogen and oxygen atoms in total. The average molecular weight is 319 g/mol. The van der Waals surface area contributed by atoms with Gasteiger partial charge < -0.3 is 0 Å². The normalized spacial score (nSPS) is 11.7. The van der Waals surface area contributed by atoms with Crippen molar-refractivity contribution in [3.05, 3.63) is 59.2 Å². The second kappa shape index (κ2) is 5.09. The molecule has 0 saturated heterocycles. The molecule has 0 atom stereocenters. The van der Waals surface area contributed by atoms with Crippen molar-refractivity contribution in [3.63, 3.8) is 0 Å². The Labute approximate surface area is 128 Å². The summed E-state index contributed by atoms with van der Waals surface area (Å²) in [6, 6.07) is 6.84. The molecule has 0 aliphatic heterocycles. The van der Waals surface area contributed by atoms with Gasteiger partial charge in [0.15, 0.2) is 0 Å². The van der Waals surface area contributed by atoms with Gasteiger partial charge in [0.05, 0.1) is 16.6 Å². The van der Waals surface area contributed by atoms with Crippen LogP contribution in [0.3, 0.4) is 0 Å². The molecule has 2 heterocycles. The smallest absolute Gasteiger partial charge is 0.300 e. The largest absolute Gasteiger partial charge is 0.417 e. The molecule has 0 amide bonds. The summed E-state index contributed by atoms with van der Waals surface area (Å²) in [5, 5.41) is 9.54. The number of rotatable bonds is 1. The molecule has 116 valence electrons. The zero-order chi connectivity index (χ0) is 16.8. The van der Waals surface area contributed by atoms with Gasteiger partial charge >= 0.3 is 6.18 Å². The minimum absolute atomic E-state index is 0.218. The number of pyridine rings is 1. The summed E-state index contributed by atoms with van der Waals surface area (Å²) in [6.07, 6.45) is -2.31. The number of hydrogen-bond acceptors (Lipinski definition) is 2. The fraction of sp³-hybridized carbons (Fsp3) is 0.125. The predicted molar refractivity (Wildman–Crippen MR) is 75.5 cm³/mol. The van der Waals surface area contributed by atoms with Crippen molar-refractivity contribution in [1.29, 1.82) is 5.26 Å². The van der Waals surface area contributed by atoms with Crippen LogP contribution in [-0.4, -0.2) is 9.55 Å². The van der Waals surface area contributed by atoms with Crippen LogP contribution in [0.25, 0.3) is 16.7 Å². The lowest BCUT2D eigenvalue weighted by Crippen LogP contribution is -2.06. The average Bonchev–Trinajstić information content (AvgIpc) is 2.85. The Hall–Kier alpha value is -2.88. The fourth-order valence-electron chi connectivity index (χ4n) is 2.32. The first-order chi connectivity index (χ1) is 10.8. The van der Waals surface area contributed by atoms with Crippen molar-refractivity contribution in [3.8, 4) is 11.9 Å². The van der Waals surface area contributed by atoms with E-state index >= 15 is 0 Å². The third-order valence-corrected chi connectivity index (χ3v) is 3.53. The van der Waals surface area contributed by atoms with Crippen LogP contribution in [0.5, 0.6) is 0 Å². The number of benzene rings is 1. The minimum atomic E-state index is -4.47. The Balaban J connectivity index is 2.21. The van der Waals surface area contributed by atoms with Crippen molar-refractivity contribution in [2.75, 3.05) is 0 Å². The number of nitrogens with zero attached hydrogens (tertiary/aromatic N) is 3. The van der Waals surface area contributed by atoms with Gasteiger partial charge in [-0.25, -0.2) is 9.37 Å². The number of halogens is 4. The van der Waals surface area contributed by atoms with Crippen molar-refractivity contribution >= 4 is 10.9 Å². The highest BCUT2D eigenvalue weighted by Crippen LogP contribution is 2.30. The molecule has 0 fully saturated rings. The van der Waals surface area contributed by atoms with Crippen LogP contribution < -0.4 is 0 Å². The van der Waals surface area contributed by atoms with Gasteiger partial charge in [-0.2, -0.15) is 18.4 Å². The number of aryl methyl sites for hydroxylation is 1. The zero-order valence-electron chi connectivity index (χ0n) is 11.8. The van der Waals surface area contributed by atoms with Crippen LogP contribution in [-0.2, 0) is 6.18 Å². The van der Waals surface area contributed by atoms with Gasteiger partial charge in [-0.15, -0.1) is 0 Å². The number of hydrogen-bond donors (Lipinski definition) is 0. The van der Waals surface area contributed by atoms with Gasteiger partial charge in [-0.3, -0.25) is 4.57 Å². The molecule has 1 aromatic carbocycles. The van der Waals surface area contributed by atoms with E-state index in [1.807, 2.05) is 6.07 Å². The lowest BCUT2D eigenvalue weighted by molar-refractivity contribution is -0.137. The maximum Gasteiger partial charge on any atom is 0.417 e. The molecular formula is C16H9F4N3. The number of nitriles is 1. The molecule has 7 heteroatoms. The summed E-state index contributed by atoms with van der Waals surface area (Å²) in [5.74, 6) is -0.234. The van der Waals surface area contributed by atoms with Crippen LogP contribution in [0, 0.1) is 24.1 Å². The van der Waals surface area contributed by atoms with E-state index < -0.39 is 17.6 Å². The second-order valence-corrected chi connectivity index (χ2v) is 5.05. The van der Waals surface area contributed by atoms with Gasteiger partial charge in [0.2, 0.25) is 0 Å². The maximum absolute atomic E-state index is 13.7. The summed E-state index contributed by atoms with van der Waals surface area (Å²) in [5.41, 5.74) is 0.238. The highest BCUT2D eigenvalue weighted by molar-refractivity contribution is 5.88. The molecule has 3 rings (SSSR count). The first-order valence-electron chi connectivity index (χ1n) is 6.56. The Kier molecular flexibility index (Phi) is 3.33. The van der Waals surface area contributed by atoms with Gasteiger partial charge in [-0.05, 0) is 36.8 Å². The molecule has 2 aromatic heterocycles. The Morgan fingerprint density at radius 2 is 1.96 bits per heavy atom. The van der Waals surface area contributed by atoms with Crippen LogP contribution >= 0.6 is 0 Å². The molecule has 0 unspecified atom stereocenters. The standard InChI is InChI=1S/C16H9F4N3/c1-9-4-14-12(5-13(9)17)10(6-21)8-23(14)15-3-2-11(7-22-15)16(18,19)20/h2-5,7-8H,1H3. The SMILES string of the molecule is Cc1cc2c(cc1F)c(C#N)cn2-c1ccc(C(F)(F)F)cn1. The highest BCUT2D eigenvalue weighted by atomic mass is 19.4. The molecule has 0 spiro atoms. The molecular weight excluding hydrogens is 310 g/mol. The third kappa shape index (κ3) is 2.52. The number of aromatic nitrogens is 2. The van der Waals surface area contributed by atoms with E-state index in [2.05, 4.69) is 4.98 Å². The van der Waals surface area contributed by atoms with E-state index in [1.165, 1.54) is 29.0 Å². The zero-order valence-corrected chi connectivity index (χ0v) is 11.8. The van der Waals surface area contributed by atoms with E-state index in [0.717, 1.165) is 12.3 Å². The molecule has 0 radical (unpaired) electrons. The summed E-state index contributed by atoms with van der Waals surface area (Å²) in [4.78, 5) is 3.81. The summed E-state index contributed by atoms with van der Waals surface area (Å²) in [6.45, 7) is 1.57. The highest BCUT2D eigenvalue weighted by Gasteiger charge is 2.30. The molecule has 0 bridgehead atoms. The van der Waals surface area contributed by atoms with Gasteiger partial charge in [-0.1, -0.05) is 0 Å². The van der Waals surface area contributed by atoms with Gasteiger partial charge in [0.1, 0.15) is 17.7 Å². The van der Waals surface area contributed by atoms with E-state index in [0.29, 0.717) is 16.5 Å². The lowest BCUT2D eigenvalue weighted by atomic mass is 10.1. The molecule has 0 aliphatic carbocycles. The Morgan fingerprint density at radius 1 is 1.22 bits per heavy atom. The first-order valence-corrected chi connectivity index (χ1v) is 6.56. The fourth-order valence-corrected chi connectivity index (χ4v) is 2.32. The van der Waals surface area contributed by atoms with Crippen molar-refractivity contribution < 1.29 is 17.6 Å². The second-order valence-electron chi connectivity index (χ2n) is 5.05. The quantitative estimate of drug-likeness (QED) is 0.625. The monoisotopic (exact) mass is 319 g/mol. The third-order valence-electron chi connectivity index (χ3n) is 3.53. The van der Waals surface area contributed by atoms with E-state index in [-0.39, 0.29) is 11.4 Å². The summed E-state index contributed by atoms with van der Waals surface area (Å²) >= 11 is 0. The van der Waals surface area contributed by atoms with E-state index in [4.69, 9.17) is 5.26 Å². The summed E-state index contributed by atoms with van der Waals surface area (Å²) < 4.78 is 53.0. The van der Waals surface area contributed by atoms with E-state index in [9.17, 15) is 17.6 Å². The molecule has 0 N–H and O–H groups in total. The van der Waals surface area contributed by atoms with Gasteiger partial charge in [0.25, 0.3) is 0 Å². The van der Waals surface area contributed by atoms with Crippen LogP contribution in [0.4, 0.5) is 17.6 Å². The maximum atomic E-state index is 13.7. The number of fused-ring (bicyclic) bond motifs is 1. The predicted octanol–water partition coefficient (Wildman–Crippen LogP) is 4.36. The van der Waals surface area contributed by atoms with Crippen LogP contribution in [0.2, 0.25) is 0 Å². The molecule has 0 aliphatic rings. The molecule has 0 saturated carbocycles. The lowest BCUT2D eigenvalue weighted by Gasteiger charge is -2.08. The minimum Gasteiger partial charge on any atom is -0.300 e. The van der Waals surface area contributed by atoms with Crippen LogP contribution in [0.1, 0.15) is 16.7 Å². The van der Waals surface area contributed by atoms with Crippen molar-refractivity contribution in [2.24, 2.45) is 0 Å². The Bertz CT molecular complexity index is 931. The summed E-state index contributed by atoms with van der Waals surface area (Å²) in [7, 11) is 0. The molecule has 23 heavy (non-hydrogen) atoms. The topological polar surface area (TPSA) is 41.6 Å². The van der Waals surface area contributed by atoms with E-state index in [1.54, 1.807) is 6.92 Å². The van der Waals surface area contributed by atoms with Crippen molar-refractivity contribution in [2.45, 2.75) is 13.1 Å². The Morgan fingerprint density at radius 3 is 2.52 bits per heavy atom. The van der Waals surface area contributed by atoms with Gasteiger partial charge in [0, 0.05) is 17.8 Å². The van der Waals surface area contributed by atoms with Crippen LogP contribution in [0.15, 0.2) is 36.7 Å².